The van der Waals surface area contributed by atoms with Gasteiger partial charge in [0, 0.05) is 6.04 Å². The average molecular weight is 189 g/mol. The second-order valence-electron chi connectivity index (χ2n) is 3.75. The molecule has 1 nitrogen and oxygen atoms in total. The summed E-state index contributed by atoms with van der Waals surface area (Å²) in [4.78, 5) is 0. The molecule has 1 unspecified atom stereocenters. The number of rotatable bonds is 4. The Kier molecular flexibility index (Phi) is 3.90. The van der Waals surface area contributed by atoms with Crippen molar-refractivity contribution >= 4 is 0 Å². The summed E-state index contributed by atoms with van der Waals surface area (Å²) in [5, 5.41) is 3.22. The maximum atomic E-state index is 3.81. The summed E-state index contributed by atoms with van der Waals surface area (Å²) in [6, 6.07) is 7.00. The molecule has 0 fully saturated rings. The van der Waals surface area contributed by atoms with E-state index in [1.165, 1.54) is 16.7 Å². The highest BCUT2D eigenvalue weighted by Crippen LogP contribution is 2.11. The van der Waals surface area contributed by atoms with Gasteiger partial charge >= 0.3 is 0 Å². The monoisotopic (exact) mass is 189 g/mol. The Balaban J connectivity index is 2.76. The van der Waals surface area contributed by atoms with E-state index in [9.17, 15) is 0 Å². The normalized spacial score (nSPS) is 12.5. The molecule has 0 aliphatic heterocycles. The van der Waals surface area contributed by atoms with Crippen molar-refractivity contribution in [2.45, 2.75) is 26.3 Å². The van der Waals surface area contributed by atoms with E-state index < -0.39 is 0 Å². The van der Waals surface area contributed by atoms with Crippen LogP contribution in [-0.2, 0) is 6.42 Å². The Morgan fingerprint density at radius 1 is 1.36 bits per heavy atom. The summed E-state index contributed by atoms with van der Waals surface area (Å²) in [6.45, 7) is 8.10. The highest BCUT2D eigenvalue weighted by molar-refractivity contribution is 5.30. The standard InChI is InChI=1S/C13H19N/c1-5-13(14-4)9-12-7-6-10(2)11(3)8-12/h5-8,13-14H,1,9H2,2-4H3. The van der Waals surface area contributed by atoms with Gasteiger partial charge in [-0.2, -0.15) is 0 Å². The molecule has 0 aromatic heterocycles. The maximum Gasteiger partial charge on any atom is 0.0285 e. The number of hydrogen-bond acceptors (Lipinski definition) is 1. The fourth-order valence-electron chi connectivity index (χ4n) is 1.49. The van der Waals surface area contributed by atoms with Crippen LogP contribution in [0.1, 0.15) is 16.7 Å². The lowest BCUT2D eigenvalue weighted by atomic mass is 10.0. The van der Waals surface area contributed by atoms with E-state index in [0.29, 0.717) is 6.04 Å². The predicted molar refractivity (Wildman–Crippen MR) is 62.7 cm³/mol. The first-order valence-electron chi connectivity index (χ1n) is 5.03. The lowest BCUT2D eigenvalue weighted by molar-refractivity contribution is 0.665. The fourth-order valence-corrected chi connectivity index (χ4v) is 1.49. The second-order valence-corrected chi connectivity index (χ2v) is 3.75. The first kappa shape index (κ1) is 11.0. The van der Waals surface area contributed by atoms with Crippen LogP contribution in [-0.4, -0.2) is 13.1 Å². The molecule has 0 amide bonds. The molecule has 0 radical (unpaired) electrons. The topological polar surface area (TPSA) is 12.0 Å². The summed E-state index contributed by atoms with van der Waals surface area (Å²) in [6.07, 6.45) is 2.97. The van der Waals surface area contributed by atoms with Crippen LogP contribution in [0.25, 0.3) is 0 Å². The summed E-state index contributed by atoms with van der Waals surface area (Å²) >= 11 is 0. The molecule has 1 N–H and O–H groups in total. The van der Waals surface area contributed by atoms with Gasteiger partial charge in [-0.1, -0.05) is 24.3 Å². The summed E-state index contributed by atoms with van der Waals surface area (Å²) < 4.78 is 0. The van der Waals surface area contributed by atoms with Gasteiger partial charge in [-0.25, -0.2) is 0 Å². The smallest absolute Gasteiger partial charge is 0.0285 e. The van der Waals surface area contributed by atoms with Gasteiger partial charge in [-0.15, -0.1) is 6.58 Å². The zero-order chi connectivity index (χ0) is 10.6. The third-order valence-corrected chi connectivity index (χ3v) is 2.68. The van der Waals surface area contributed by atoms with Crippen molar-refractivity contribution in [2.24, 2.45) is 0 Å². The predicted octanol–water partition coefficient (Wildman–Crippen LogP) is 2.62. The average Bonchev–Trinajstić information content (AvgIpc) is 2.19. The third-order valence-electron chi connectivity index (χ3n) is 2.68. The molecule has 1 aromatic carbocycles. The summed E-state index contributed by atoms with van der Waals surface area (Å²) in [7, 11) is 1.97. The van der Waals surface area contributed by atoms with Crippen LogP contribution in [0.4, 0.5) is 0 Å². The van der Waals surface area contributed by atoms with E-state index >= 15 is 0 Å². The number of likely N-dealkylation sites (N-methyl/N-ethyl adjacent to an activating group) is 1. The van der Waals surface area contributed by atoms with E-state index in [1.54, 1.807) is 0 Å². The minimum absolute atomic E-state index is 0.372. The molecule has 0 saturated heterocycles. The molecule has 14 heavy (non-hydrogen) atoms. The van der Waals surface area contributed by atoms with Gasteiger partial charge in [-0.05, 0) is 44.0 Å². The van der Waals surface area contributed by atoms with Crippen molar-refractivity contribution in [3.63, 3.8) is 0 Å². The van der Waals surface area contributed by atoms with E-state index in [4.69, 9.17) is 0 Å². The van der Waals surface area contributed by atoms with Gasteiger partial charge in [0.1, 0.15) is 0 Å². The van der Waals surface area contributed by atoms with Crippen molar-refractivity contribution in [3.8, 4) is 0 Å². The Morgan fingerprint density at radius 2 is 2.07 bits per heavy atom. The number of hydrogen-bond donors (Lipinski definition) is 1. The van der Waals surface area contributed by atoms with Gasteiger partial charge in [0.15, 0.2) is 0 Å². The minimum atomic E-state index is 0.372. The Hall–Kier alpha value is -1.08. The lowest BCUT2D eigenvalue weighted by Crippen LogP contribution is -2.24. The van der Waals surface area contributed by atoms with Crippen LogP contribution in [0, 0.1) is 13.8 Å². The first-order valence-corrected chi connectivity index (χ1v) is 5.03. The van der Waals surface area contributed by atoms with Gasteiger partial charge < -0.3 is 5.32 Å². The minimum Gasteiger partial charge on any atom is -0.313 e. The molecular formula is C13H19N. The largest absolute Gasteiger partial charge is 0.313 e. The molecule has 0 aliphatic rings. The molecule has 0 bridgehead atoms. The number of nitrogens with one attached hydrogen (secondary N) is 1. The van der Waals surface area contributed by atoms with Gasteiger partial charge in [0.25, 0.3) is 0 Å². The van der Waals surface area contributed by atoms with Crippen molar-refractivity contribution in [1.29, 1.82) is 0 Å². The molecule has 0 spiro atoms. The zero-order valence-electron chi connectivity index (χ0n) is 9.30. The highest BCUT2D eigenvalue weighted by Gasteiger charge is 2.02. The Bertz CT molecular complexity index is 315. The molecule has 0 heterocycles. The van der Waals surface area contributed by atoms with Crippen LogP contribution in [0.5, 0.6) is 0 Å². The summed E-state index contributed by atoms with van der Waals surface area (Å²) in [5.74, 6) is 0. The van der Waals surface area contributed by atoms with Crippen molar-refractivity contribution in [2.75, 3.05) is 7.05 Å². The van der Waals surface area contributed by atoms with Crippen LogP contribution in [0.15, 0.2) is 30.9 Å². The molecule has 1 heteroatoms. The molecular weight excluding hydrogens is 170 g/mol. The number of benzene rings is 1. The summed E-state index contributed by atoms with van der Waals surface area (Å²) in [5.41, 5.74) is 4.09. The molecule has 0 aliphatic carbocycles. The van der Waals surface area contributed by atoms with Gasteiger partial charge in [-0.3, -0.25) is 0 Å². The second kappa shape index (κ2) is 4.97. The lowest BCUT2D eigenvalue weighted by Gasteiger charge is -2.12. The van der Waals surface area contributed by atoms with Crippen LogP contribution in [0.3, 0.4) is 0 Å². The zero-order valence-corrected chi connectivity index (χ0v) is 9.30. The van der Waals surface area contributed by atoms with E-state index in [-0.39, 0.29) is 0 Å². The quantitative estimate of drug-likeness (QED) is 0.718. The Morgan fingerprint density at radius 3 is 2.57 bits per heavy atom. The molecule has 76 valence electrons. The van der Waals surface area contributed by atoms with Gasteiger partial charge in [0.05, 0.1) is 0 Å². The fraction of sp³-hybridized carbons (Fsp3) is 0.385. The van der Waals surface area contributed by atoms with Crippen molar-refractivity contribution in [3.05, 3.63) is 47.5 Å². The van der Waals surface area contributed by atoms with Gasteiger partial charge in [0.2, 0.25) is 0 Å². The molecule has 0 saturated carbocycles. The van der Waals surface area contributed by atoms with Crippen LogP contribution < -0.4 is 5.32 Å². The SMILES string of the molecule is C=CC(Cc1ccc(C)c(C)c1)NC. The molecule has 1 atom stereocenters. The highest BCUT2D eigenvalue weighted by atomic mass is 14.9. The number of aryl methyl sites for hydroxylation is 2. The third kappa shape index (κ3) is 2.71. The van der Waals surface area contributed by atoms with Crippen LogP contribution in [0.2, 0.25) is 0 Å². The molecule has 1 rings (SSSR count). The first-order chi connectivity index (χ1) is 6.67. The molecule has 1 aromatic rings. The van der Waals surface area contributed by atoms with E-state index in [1.807, 2.05) is 13.1 Å². The maximum absolute atomic E-state index is 3.81. The van der Waals surface area contributed by atoms with Crippen molar-refractivity contribution < 1.29 is 0 Å². The van der Waals surface area contributed by atoms with Crippen molar-refractivity contribution in [1.82, 2.24) is 5.32 Å². The van der Waals surface area contributed by atoms with Crippen LogP contribution >= 0.6 is 0 Å². The van der Waals surface area contributed by atoms with E-state index in [0.717, 1.165) is 6.42 Å². The van der Waals surface area contributed by atoms with E-state index in [2.05, 4.69) is 43.9 Å². The Labute approximate surface area is 86.8 Å².